The average Bonchev–Trinajstić information content (AvgIpc) is 3.37. The van der Waals surface area contributed by atoms with Crippen LogP contribution in [0.1, 0.15) is 17.2 Å². The summed E-state index contributed by atoms with van der Waals surface area (Å²) in [5.74, 6) is 0.929. The molecule has 0 aliphatic carbocycles. The molecule has 0 amide bonds. The Morgan fingerprint density at radius 3 is 2.84 bits per heavy atom. The number of thiophene rings is 1. The first kappa shape index (κ1) is 15.4. The molecule has 1 aromatic carbocycles. The molecular formula is C19H17NO3S2. The van der Waals surface area contributed by atoms with Crippen LogP contribution in [0.2, 0.25) is 0 Å². The van der Waals surface area contributed by atoms with E-state index in [1.54, 1.807) is 23.7 Å². The lowest BCUT2D eigenvalue weighted by Crippen LogP contribution is -2.25. The van der Waals surface area contributed by atoms with Crippen molar-refractivity contribution in [2.24, 2.45) is 0 Å². The molecule has 0 saturated carbocycles. The minimum absolute atomic E-state index is 0.0496. The van der Waals surface area contributed by atoms with Crippen molar-refractivity contribution in [1.82, 2.24) is 4.90 Å². The zero-order chi connectivity index (χ0) is 17.0. The van der Waals surface area contributed by atoms with E-state index in [-0.39, 0.29) is 11.2 Å². The van der Waals surface area contributed by atoms with Gasteiger partial charge in [-0.3, -0.25) is 4.90 Å². The Balaban J connectivity index is 1.51. The van der Waals surface area contributed by atoms with Crippen LogP contribution < -0.4 is 0 Å². The van der Waals surface area contributed by atoms with E-state index in [0.29, 0.717) is 18.0 Å². The van der Waals surface area contributed by atoms with Gasteiger partial charge >= 0.3 is 0 Å². The molecule has 3 aromatic rings. The van der Waals surface area contributed by atoms with Crippen molar-refractivity contribution in [2.45, 2.75) is 22.6 Å². The first-order chi connectivity index (χ1) is 12.1. The number of furan rings is 1. The third kappa shape index (κ3) is 2.39. The Labute approximate surface area is 150 Å². The van der Waals surface area contributed by atoms with Gasteiger partial charge in [-0.2, -0.15) is 11.3 Å². The summed E-state index contributed by atoms with van der Waals surface area (Å²) in [5, 5.41) is 3.80. The number of rotatable bonds is 3. The highest BCUT2D eigenvalue weighted by atomic mass is 32.2. The maximum absolute atomic E-state index is 13.0. The second-order valence-corrected chi connectivity index (χ2v) is 9.64. The molecule has 4 heterocycles. The summed E-state index contributed by atoms with van der Waals surface area (Å²) in [7, 11) is -3.25. The molecule has 2 aliphatic heterocycles. The molecule has 0 spiro atoms. The molecule has 1 fully saturated rings. The standard InChI is InChI=1S/C19H17NO3S2/c21-25(22)18-4-3-13(14-5-7-24-12-14)8-16(18)17-10-20(11-19(17)25)9-15-2-1-6-23-15/h1-8,12,17,19H,9-11H2/t17-,19+/m1/s1. The monoisotopic (exact) mass is 371 g/mol. The molecule has 0 radical (unpaired) electrons. The molecule has 0 bridgehead atoms. The van der Waals surface area contributed by atoms with Crippen molar-refractivity contribution in [3.63, 3.8) is 0 Å². The Kier molecular flexibility index (Phi) is 3.42. The first-order valence-electron chi connectivity index (χ1n) is 8.28. The molecular weight excluding hydrogens is 354 g/mol. The van der Waals surface area contributed by atoms with Gasteiger partial charge in [-0.05, 0) is 57.8 Å². The van der Waals surface area contributed by atoms with E-state index in [0.717, 1.165) is 29.0 Å². The fourth-order valence-corrected chi connectivity index (χ4v) is 6.95. The molecule has 2 aromatic heterocycles. The summed E-state index contributed by atoms with van der Waals surface area (Å²) in [6.07, 6.45) is 1.66. The number of hydrogen-bond donors (Lipinski definition) is 0. The van der Waals surface area contributed by atoms with Crippen LogP contribution in [0.25, 0.3) is 11.1 Å². The molecule has 128 valence electrons. The van der Waals surface area contributed by atoms with Crippen molar-refractivity contribution < 1.29 is 12.8 Å². The van der Waals surface area contributed by atoms with Crippen molar-refractivity contribution in [3.8, 4) is 11.1 Å². The highest BCUT2D eigenvalue weighted by Crippen LogP contribution is 2.46. The van der Waals surface area contributed by atoms with Crippen LogP contribution in [0.3, 0.4) is 0 Å². The molecule has 2 aliphatic rings. The van der Waals surface area contributed by atoms with E-state index >= 15 is 0 Å². The van der Waals surface area contributed by atoms with E-state index in [1.165, 1.54) is 0 Å². The molecule has 0 unspecified atom stereocenters. The maximum atomic E-state index is 13.0. The highest BCUT2D eigenvalue weighted by molar-refractivity contribution is 7.92. The second kappa shape index (κ2) is 5.56. The van der Waals surface area contributed by atoms with Crippen LogP contribution in [0, 0.1) is 0 Å². The van der Waals surface area contributed by atoms with Gasteiger partial charge in [-0.1, -0.05) is 6.07 Å². The smallest absolute Gasteiger partial charge is 0.183 e. The molecule has 1 saturated heterocycles. The Bertz CT molecular complexity index is 1010. The fraction of sp³-hybridized carbons (Fsp3) is 0.263. The van der Waals surface area contributed by atoms with E-state index in [1.807, 2.05) is 23.6 Å². The number of likely N-dealkylation sites (tertiary alicyclic amines) is 1. The fourth-order valence-electron chi connectivity index (χ4n) is 4.09. The molecule has 4 nitrogen and oxygen atoms in total. The number of sulfone groups is 1. The first-order valence-corrected chi connectivity index (χ1v) is 10.8. The highest BCUT2D eigenvalue weighted by Gasteiger charge is 2.50. The summed E-state index contributed by atoms with van der Waals surface area (Å²) < 4.78 is 31.3. The quantitative estimate of drug-likeness (QED) is 0.703. The Morgan fingerprint density at radius 1 is 1.16 bits per heavy atom. The van der Waals surface area contributed by atoms with Crippen LogP contribution in [0.5, 0.6) is 0 Å². The Hall–Kier alpha value is -1.89. The lowest BCUT2D eigenvalue weighted by molar-refractivity contribution is 0.293. The van der Waals surface area contributed by atoms with Gasteiger partial charge in [0.2, 0.25) is 0 Å². The molecule has 6 heteroatoms. The van der Waals surface area contributed by atoms with Gasteiger partial charge in [0.15, 0.2) is 9.84 Å². The maximum Gasteiger partial charge on any atom is 0.183 e. The predicted molar refractivity (Wildman–Crippen MR) is 97.5 cm³/mol. The van der Waals surface area contributed by atoms with Crippen molar-refractivity contribution in [2.75, 3.05) is 13.1 Å². The van der Waals surface area contributed by atoms with E-state index in [9.17, 15) is 8.42 Å². The largest absolute Gasteiger partial charge is 0.468 e. The van der Waals surface area contributed by atoms with Gasteiger partial charge in [-0.25, -0.2) is 8.42 Å². The topological polar surface area (TPSA) is 50.5 Å². The van der Waals surface area contributed by atoms with Crippen molar-refractivity contribution in [1.29, 1.82) is 0 Å². The van der Waals surface area contributed by atoms with E-state index in [4.69, 9.17) is 4.42 Å². The number of benzene rings is 1. The van der Waals surface area contributed by atoms with Gasteiger partial charge < -0.3 is 4.42 Å². The van der Waals surface area contributed by atoms with Gasteiger partial charge in [0.05, 0.1) is 23.0 Å². The Morgan fingerprint density at radius 2 is 2.08 bits per heavy atom. The number of fused-ring (bicyclic) bond motifs is 3. The minimum atomic E-state index is -3.25. The summed E-state index contributed by atoms with van der Waals surface area (Å²) in [6.45, 7) is 1.98. The molecule has 25 heavy (non-hydrogen) atoms. The molecule has 0 N–H and O–H groups in total. The van der Waals surface area contributed by atoms with Gasteiger partial charge in [-0.15, -0.1) is 0 Å². The van der Waals surface area contributed by atoms with Crippen LogP contribution in [0.15, 0.2) is 62.7 Å². The van der Waals surface area contributed by atoms with Gasteiger partial charge in [0, 0.05) is 19.0 Å². The second-order valence-electron chi connectivity index (χ2n) is 6.73. The zero-order valence-corrected chi connectivity index (χ0v) is 15.1. The average molecular weight is 371 g/mol. The molecule has 5 rings (SSSR count). The predicted octanol–water partition coefficient (Wildman–Crippen LogP) is 3.76. The van der Waals surface area contributed by atoms with Crippen LogP contribution in [-0.2, 0) is 16.4 Å². The lowest BCUT2D eigenvalue weighted by Gasteiger charge is -2.16. The van der Waals surface area contributed by atoms with Crippen molar-refractivity contribution in [3.05, 3.63) is 64.7 Å². The zero-order valence-electron chi connectivity index (χ0n) is 13.5. The van der Waals surface area contributed by atoms with Crippen LogP contribution in [-0.4, -0.2) is 31.7 Å². The van der Waals surface area contributed by atoms with E-state index < -0.39 is 9.84 Å². The van der Waals surface area contributed by atoms with Crippen LogP contribution in [0.4, 0.5) is 0 Å². The van der Waals surface area contributed by atoms with E-state index in [2.05, 4.69) is 22.4 Å². The van der Waals surface area contributed by atoms with Gasteiger partial charge in [0.25, 0.3) is 0 Å². The summed E-state index contributed by atoms with van der Waals surface area (Å²) in [6, 6.07) is 11.7. The summed E-state index contributed by atoms with van der Waals surface area (Å²) in [5.41, 5.74) is 3.23. The third-order valence-electron chi connectivity index (χ3n) is 5.27. The third-order valence-corrected chi connectivity index (χ3v) is 8.21. The van der Waals surface area contributed by atoms with Gasteiger partial charge in [0.1, 0.15) is 5.76 Å². The minimum Gasteiger partial charge on any atom is -0.468 e. The lowest BCUT2D eigenvalue weighted by atomic mass is 9.95. The normalized spacial score (nSPS) is 24.3. The SMILES string of the molecule is O=S1(=O)c2ccc(-c3ccsc3)cc2[C@H]2CN(Cc3ccco3)C[C@@H]21. The van der Waals surface area contributed by atoms with Crippen LogP contribution >= 0.6 is 11.3 Å². The summed E-state index contributed by atoms with van der Waals surface area (Å²) >= 11 is 1.65. The number of hydrogen-bond acceptors (Lipinski definition) is 5. The molecule has 2 atom stereocenters. The van der Waals surface area contributed by atoms with Crippen molar-refractivity contribution >= 4 is 21.2 Å². The number of nitrogens with zero attached hydrogens (tertiary/aromatic N) is 1. The summed E-state index contributed by atoms with van der Waals surface area (Å²) in [4.78, 5) is 2.71.